The maximum absolute atomic E-state index is 12.6. The Morgan fingerprint density at radius 3 is 2.47 bits per heavy atom. The molecule has 1 heterocycles. The number of hydrogen-bond donors (Lipinski definition) is 3. The first-order valence-corrected chi connectivity index (χ1v) is 11.4. The molecular formula is C23H23N5O3S. The lowest BCUT2D eigenvalue weighted by molar-refractivity contribution is 0.0955. The smallest absolute Gasteiger partial charge is 0.261 e. The van der Waals surface area contributed by atoms with Crippen molar-refractivity contribution >= 4 is 27.4 Å². The molecule has 0 unspecified atom stereocenters. The van der Waals surface area contributed by atoms with Crippen LogP contribution in [0.1, 0.15) is 27.0 Å². The molecule has 0 bridgehead atoms. The van der Waals surface area contributed by atoms with Crippen molar-refractivity contribution in [3.63, 3.8) is 0 Å². The number of amides is 1. The fraction of sp³-hybridized carbons (Fsp3) is 0.174. The lowest BCUT2D eigenvalue weighted by atomic mass is 10.1. The van der Waals surface area contributed by atoms with Gasteiger partial charge in [0.15, 0.2) is 0 Å². The molecular weight excluding hydrogens is 426 g/mol. The van der Waals surface area contributed by atoms with Gasteiger partial charge in [-0.1, -0.05) is 6.07 Å². The van der Waals surface area contributed by atoms with E-state index in [1.54, 1.807) is 60.8 Å². The highest BCUT2D eigenvalue weighted by Crippen LogP contribution is 2.19. The van der Waals surface area contributed by atoms with Gasteiger partial charge in [-0.2, -0.15) is 5.26 Å². The first kappa shape index (κ1) is 22.8. The zero-order valence-corrected chi connectivity index (χ0v) is 18.5. The predicted octanol–water partition coefficient (Wildman–Crippen LogP) is 3.21. The number of carbonyl (C=O) groups is 1. The van der Waals surface area contributed by atoms with Crippen LogP contribution in [-0.2, 0) is 10.0 Å². The third-order valence-electron chi connectivity index (χ3n) is 4.82. The number of nitrogens with zero attached hydrogens (tertiary/aromatic N) is 2. The highest BCUT2D eigenvalue weighted by atomic mass is 32.2. The number of nitrogens with one attached hydrogen (secondary N) is 3. The molecule has 0 radical (unpaired) electrons. The second kappa shape index (κ2) is 9.94. The standard InChI is InChI=1S/C23H23N5O3S/c1-16-5-10-21(14-17(16)2)32(30,31)28-20-8-6-18(7-9-20)23(29)27-13-12-26-22-19(15-24)4-3-11-25-22/h3-11,14,28H,12-13H2,1-2H3,(H,25,26)(H,27,29). The molecule has 3 N–H and O–H groups in total. The highest BCUT2D eigenvalue weighted by Gasteiger charge is 2.15. The molecule has 32 heavy (non-hydrogen) atoms. The lowest BCUT2D eigenvalue weighted by Crippen LogP contribution is -2.29. The van der Waals surface area contributed by atoms with Crippen molar-refractivity contribution < 1.29 is 13.2 Å². The van der Waals surface area contributed by atoms with Gasteiger partial charge in [-0.3, -0.25) is 9.52 Å². The Labute approximate surface area is 187 Å². The normalized spacial score (nSPS) is 10.8. The summed E-state index contributed by atoms with van der Waals surface area (Å²) in [5, 5.41) is 14.8. The Morgan fingerprint density at radius 1 is 1.03 bits per heavy atom. The molecule has 164 valence electrons. The van der Waals surface area contributed by atoms with Crippen LogP contribution in [0.3, 0.4) is 0 Å². The number of carbonyl (C=O) groups excluding carboxylic acids is 1. The molecule has 0 aliphatic rings. The van der Waals surface area contributed by atoms with E-state index >= 15 is 0 Å². The maximum Gasteiger partial charge on any atom is 0.261 e. The molecule has 0 fully saturated rings. The number of hydrogen-bond acceptors (Lipinski definition) is 6. The van der Waals surface area contributed by atoms with E-state index in [1.165, 1.54) is 0 Å². The minimum Gasteiger partial charge on any atom is -0.367 e. The summed E-state index contributed by atoms with van der Waals surface area (Å²) < 4.78 is 27.7. The molecule has 3 aromatic rings. The van der Waals surface area contributed by atoms with Crippen LogP contribution in [-0.4, -0.2) is 32.4 Å². The minimum atomic E-state index is -3.72. The van der Waals surface area contributed by atoms with Gasteiger partial charge >= 0.3 is 0 Å². The van der Waals surface area contributed by atoms with Crippen LogP contribution in [0.25, 0.3) is 0 Å². The van der Waals surface area contributed by atoms with Gasteiger partial charge in [-0.25, -0.2) is 13.4 Å². The molecule has 0 atom stereocenters. The lowest BCUT2D eigenvalue weighted by Gasteiger charge is -2.11. The van der Waals surface area contributed by atoms with Gasteiger partial charge in [-0.15, -0.1) is 0 Å². The first-order chi connectivity index (χ1) is 15.3. The Hall–Kier alpha value is -3.90. The zero-order chi connectivity index (χ0) is 23.1. The second-order valence-corrected chi connectivity index (χ2v) is 8.81. The Kier molecular flexibility index (Phi) is 7.07. The summed E-state index contributed by atoms with van der Waals surface area (Å²) in [5.74, 6) is 0.168. The Balaban J connectivity index is 1.55. The predicted molar refractivity (Wildman–Crippen MR) is 123 cm³/mol. The van der Waals surface area contributed by atoms with Gasteiger partial charge in [0.1, 0.15) is 11.9 Å². The molecule has 9 heteroatoms. The average Bonchev–Trinajstić information content (AvgIpc) is 2.78. The highest BCUT2D eigenvalue weighted by molar-refractivity contribution is 7.92. The average molecular weight is 450 g/mol. The van der Waals surface area contributed by atoms with Crippen LogP contribution >= 0.6 is 0 Å². The number of benzene rings is 2. The third-order valence-corrected chi connectivity index (χ3v) is 6.20. The molecule has 0 spiro atoms. The fourth-order valence-corrected chi connectivity index (χ4v) is 4.02. The molecule has 3 rings (SSSR count). The molecule has 1 aromatic heterocycles. The van der Waals surface area contributed by atoms with E-state index in [0.717, 1.165) is 11.1 Å². The number of aromatic nitrogens is 1. The summed E-state index contributed by atoms with van der Waals surface area (Å²) in [5.41, 5.74) is 3.09. The van der Waals surface area contributed by atoms with Crippen molar-refractivity contribution in [1.29, 1.82) is 5.26 Å². The summed E-state index contributed by atoms with van der Waals surface area (Å²) in [4.78, 5) is 16.6. The Bertz CT molecular complexity index is 1270. The van der Waals surface area contributed by atoms with Crippen molar-refractivity contribution in [3.05, 3.63) is 83.0 Å². The molecule has 8 nitrogen and oxygen atoms in total. The van der Waals surface area contributed by atoms with E-state index in [-0.39, 0.29) is 10.8 Å². The van der Waals surface area contributed by atoms with Gasteiger partial charge in [0.05, 0.1) is 10.5 Å². The summed E-state index contributed by atoms with van der Waals surface area (Å²) >= 11 is 0. The molecule has 1 amide bonds. The van der Waals surface area contributed by atoms with Crippen LogP contribution in [0.15, 0.2) is 65.7 Å². The molecule has 0 saturated carbocycles. The number of pyridine rings is 1. The van der Waals surface area contributed by atoms with Crippen LogP contribution in [0.4, 0.5) is 11.5 Å². The van der Waals surface area contributed by atoms with E-state index in [1.807, 2.05) is 19.9 Å². The quantitative estimate of drug-likeness (QED) is 0.454. The zero-order valence-electron chi connectivity index (χ0n) is 17.7. The van der Waals surface area contributed by atoms with Crippen LogP contribution in [0.2, 0.25) is 0 Å². The minimum absolute atomic E-state index is 0.183. The van der Waals surface area contributed by atoms with E-state index in [4.69, 9.17) is 5.26 Å². The summed E-state index contributed by atoms with van der Waals surface area (Å²) in [6, 6.07) is 16.5. The monoisotopic (exact) mass is 449 g/mol. The third kappa shape index (κ3) is 5.62. The van der Waals surface area contributed by atoms with Gasteiger partial charge in [0.25, 0.3) is 15.9 Å². The second-order valence-electron chi connectivity index (χ2n) is 7.12. The van der Waals surface area contributed by atoms with Gasteiger partial charge < -0.3 is 10.6 Å². The van der Waals surface area contributed by atoms with E-state index in [0.29, 0.717) is 35.7 Å². The van der Waals surface area contributed by atoms with Gasteiger partial charge in [0, 0.05) is 30.5 Å². The summed E-state index contributed by atoms with van der Waals surface area (Å²) in [6.07, 6.45) is 1.58. The van der Waals surface area contributed by atoms with E-state index in [9.17, 15) is 13.2 Å². The summed E-state index contributed by atoms with van der Waals surface area (Å²) in [7, 11) is -3.72. The van der Waals surface area contributed by atoms with Gasteiger partial charge in [0.2, 0.25) is 0 Å². The van der Waals surface area contributed by atoms with Crippen molar-refractivity contribution in [3.8, 4) is 6.07 Å². The van der Waals surface area contributed by atoms with Crippen LogP contribution in [0.5, 0.6) is 0 Å². The fourth-order valence-electron chi connectivity index (χ4n) is 2.88. The number of aryl methyl sites for hydroxylation is 2. The molecule has 0 aliphatic heterocycles. The van der Waals surface area contributed by atoms with Crippen molar-refractivity contribution in [2.24, 2.45) is 0 Å². The van der Waals surface area contributed by atoms with Crippen LogP contribution < -0.4 is 15.4 Å². The number of nitriles is 1. The SMILES string of the molecule is Cc1ccc(S(=O)(=O)Nc2ccc(C(=O)NCCNc3ncccc3C#N)cc2)cc1C. The topological polar surface area (TPSA) is 124 Å². The number of rotatable bonds is 8. The van der Waals surface area contributed by atoms with Crippen molar-refractivity contribution in [2.45, 2.75) is 18.7 Å². The molecule has 0 aliphatic carbocycles. The summed E-state index contributed by atoms with van der Waals surface area (Å²) in [6.45, 7) is 4.49. The Morgan fingerprint density at radius 2 is 1.78 bits per heavy atom. The van der Waals surface area contributed by atoms with E-state index < -0.39 is 10.0 Å². The largest absolute Gasteiger partial charge is 0.367 e. The van der Waals surface area contributed by atoms with Crippen LogP contribution in [0, 0.1) is 25.2 Å². The molecule has 2 aromatic carbocycles. The molecule has 0 saturated heterocycles. The van der Waals surface area contributed by atoms with E-state index in [2.05, 4.69) is 20.3 Å². The number of anilines is 2. The van der Waals surface area contributed by atoms with Gasteiger partial charge in [-0.05, 0) is 73.5 Å². The first-order valence-electron chi connectivity index (χ1n) is 9.87. The number of sulfonamides is 1. The van der Waals surface area contributed by atoms with Crippen molar-refractivity contribution in [1.82, 2.24) is 10.3 Å². The van der Waals surface area contributed by atoms with Crippen molar-refractivity contribution in [2.75, 3.05) is 23.1 Å². The maximum atomic E-state index is 12.6.